The van der Waals surface area contributed by atoms with Crippen molar-refractivity contribution in [3.8, 4) is 0 Å². The van der Waals surface area contributed by atoms with E-state index < -0.39 is 6.10 Å². The quantitative estimate of drug-likeness (QED) is 0.572. The molecule has 1 saturated carbocycles. The maximum atomic E-state index is 9.09. The largest absolute Gasteiger partial charge is 0.391 e. The zero-order valence-electron chi connectivity index (χ0n) is 4.92. The summed E-state index contributed by atoms with van der Waals surface area (Å²) in [5.41, 5.74) is 0. The summed E-state index contributed by atoms with van der Waals surface area (Å²) in [5.74, 6) is 1.16. The zero-order chi connectivity index (χ0) is 6.69. The van der Waals surface area contributed by atoms with E-state index in [1.165, 1.54) is 0 Å². The third kappa shape index (κ3) is 1.84. The van der Waals surface area contributed by atoms with Gasteiger partial charge in [-0.15, -0.1) is 11.6 Å². The zero-order valence-corrected chi connectivity index (χ0v) is 5.67. The van der Waals surface area contributed by atoms with Gasteiger partial charge in [0.05, 0.1) is 6.10 Å². The molecule has 2 heteroatoms. The molecule has 1 aliphatic rings. The third-order valence-corrected chi connectivity index (χ3v) is 1.51. The summed E-state index contributed by atoms with van der Waals surface area (Å²) in [7, 11) is 0. The lowest BCUT2D eigenvalue weighted by atomic mass is 10.0. The number of halogens is 1. The van der Waals surface area contributed by atoms with Gasteiger partial charge in [0.15, 0.2) is 0 Å². The average Bonchev–Trinajstić information content (AvgIpc) is 2.37. The van der Waals surface area contributed by atoms with E-state index in [0.717, 1.165) is 5.92 Å². The molecule has 9 heavy (non-hydrogen) atoms. The molecule has 0 bridgehead atoms. The molecular formula is C7H8ClO. The Labute approximate surface area is 61.0 Å². The van der Waals surface area contributed by atoms with Gasteiger partial charge in [-0.05, 0) is 25.7 Å². The molecule has 0 spiro atoms. The van der Waals surface area contributed by atoms with Gasteiger partial charge in [0.25, 0.3) is 0 Å². The second-order valence-electron chi connectivity index (χ2n) is 1.89. The van der Waals surface area contributed by atoms with Gasteiger partial charge in [-0.2, -0.15) is 0 Å². The SMILES string of the molecule is O[C@@H](CCl)[C]1[CH][CH][CH][CH]1. The van der Waals surface area contributed by atoms with Crippen molar-refractivity contribution < 1.29 is 5.11 Å². The fourth-order valence-electron chi connectivity index (χ4n) is 0.700. The molecule has 0 aliphatic heterocycles. The van der Waals surface area contributed by atoms with E-state index in [0.29, 0.717) is 0 Å². The third-order valence-electron chi connectivity index (χ3n) is 1.22. The highest BCUT2D eigenvalue weighted by Gasteiger charge is 2.23. The number of aliphatic hydroxyl groups excluding tert-OH is 1. The number of rotatable bonds is 2. The van der Waals surface area contributed by atoms with E-state index in [2.05, 4.69) is 0 Å². The van der Waals surface area contributed by atoms with Crippen molar-refractivity contribution in [3.05, 3.63) is 31.6 Å². The first-order valence-electron chi connectivity index (χ1n) is 2.80. The first-order chi connectivity index (χ1) is 4.34. The molecule has 0 amide bonds. The molecular weight excluding hydrogens is 136 g/mol. The van der Waals surface area contributed by atoms with Crippen LogP contribution in [0.3, 0.4) is 0 Å². The second-order valence-corrected chi connectivity index (χ2v) is 2.20. The summed E-state index contributed by atoms with van der Waals surface area (Å²) < 4.78 is 0. The van der Waals surface area contributed by atoms with Gasteiger partial charge >= 0.3 is 0 Å². The monoisotopic (exact) mass is 143 g/mol. The molecule has 0 heterocycles. The summed E-state index contributed by atoms with van der Waals surface area (Å²) in [4.78, 5) is 0. The first kappa shape index (κ1) is 7.36. The Morgan fingerprint density at radius 1 is 1.44 bits per heavy atom. The van der Waals surface area contributed by atoms with Gasteiger partial charge in [-0.1, -0.05) is 0 Å². The van der Waals surface area contributed by atoms with Crippen molar-refractivity contribution >= 4 is 11.6 Å². The Bertz CT molecular complexity index is 79.0. The number of aliphatic hydroxyl groups is 1. The average molecular weight is 144 g/mol. The van der Waals surface area contributed by atoms with E-state index in [9.17, 15) is 0 Å². The van der Waals surface area contributed by atoms with Gasteiger partial charge < -0.3 is 5.11 Å². The summed E-state index contributed by atoms with van der Waals surface area (Å²) >= 11 is 5.39. The maximum Gasteiger partial charge on any atom is 0.0743 e. The molecule has 5 radical (unpaired) electrons. The van der Waals surface area contributed by atoms with Crippen molar-refractivity contribution in [2.24, 2.45) is 0 Å². The molecule has 0 unspecified atom stereocenters. The number of alkyl halides is 1. The van der Waals surface area contributed by atoms with Crippen LogP contribution in [0.25, 0.3) is 0 Å². The van der Waals surface area contributed by atoms with Crippen LogP contribution < -0.4 is 0 Å². The van der Waals surface area contributed by atoms with Crippen LogP contribution in [-0.2, 0) is 0 Å². The highest BCUT2D eigenvalue weighted by molar-refractivity contribution is 6.18. The predicted molar refractivity (Wildman–Crippen MR) is 37.2 cm³/mol. The highest BCUT2D eigenvalue weighted by Crippen LogP contribution is 2.26. The minimum absolute atomic E-state index is 0.268. The minimum atomic E-state index is -0.498. The fraction of sp³-hybridized carbons (Fsp3) is 0.286. The van der Waals surface area contributed by atoms with E-state index in [-0.39, 0.29) is 5.88 Å². The molecule has 49 valence electrons. The topological polar surface area (TPSA) is 20.2 Å². The van der Waals surface area contributed by atoms with E-state index in [1.54, 1.807) is 0 Å². The number of hydrogen-bond acceptors (Lipinski definition) is 1. The van der Waals surface area contributed by atoms with Crippen LogP contribution >= 0.6 is 11.6 Å². The lowest BCUT2D eigenvalue weighted by Crippen LogP contribution is -2.17. The molecule has 1 rings (SSSR count). The van der Waals surface area contributed by atoms with E-state index in [1.807, 2.05) is 25.7 Å². The molecule has 1 aliphatic carbocycles. The molecule has 1 N–H and O–H groups in total. The van der Waals surface area contributed by atoms with Crippen LogP contribution in [0, 0.1) is 31.6 Å². The Morgan fingerprint density at radius 2 is 2.00 bits per heavy atom. The molecule has 1 atom stereocenters. The molecule has 0 aromatic rings. The second kappa shape index (κ2) is 3.43. The lowest BCUT2D eigenvalue weighted by Gasteiger charge is -2.11. The predicted octanol–water partition coefficient (Wildman–Crippen LogP) is 0.991. The Balaban J connectivity index is 2.24. The van der Waals surface area contributed by atoms with Crippen molar-refractivity contribution in [2.45, 2.75) is 6.10 Å². The summed E-state index contributed by atoms with van der Waals surface area (Å²) in [6, 6.07) is 0. The summed E-state index contributed by atoms with van der Waals surface area (Å²) in [5, 5.41) is 9.09. The van der Waals surface area contributed by atoms with Crippen molar-refractivity contribution in [1.29, 1.82) is 0 Å². The maximum absolute atomic E-state index is 9.09. The standard InChI is InChI=1S/C7H8ClO/c8-5-7(9)6-3-1-2-4-6/h1-4,7,9H,5H2/t7-/m0/s1. The highest BCUT2D eigenvalue weighted by atomic mass is 35.5. The molecule has 1 fully saturated rings. The van der Waals surface area contributed by atoms with Crippen LogP contribution in [-0.4, -0.2) is 17.1 Å². The Morgan fingerprint density at radius 3 is 2.44 bits per heavy atom. The van der Waals surface area contributed by atoms with Crippen LogP contribution in [0.5, 0.6) is 0 Å². The summed E-state index contributed by atoms with van der Waals surface area (Å²) in [6.07, 6.45) is 6.97. The Kier molecular flexibility index (Phi) is 2.80. The minimum Gasteiger partial charge on any atom is -0.391 e. The van der Waals surface area contributed by atoms with Crippen LogP contribution in [0.1, 0.15) is 0 Å². The van der Waals surface area contributed by atoms with Crippen LogP contribution in [0.2, 0.25) is 0 Å². The molecule has 0 saturated heterocycles. The van der Waals surface area contributed by atoms with Crippen LogP contribution in [0.15, 0.2) is 0 Å². The first-order valence-corrected chi connectivity index (χ1v) is 3.33. The van der Waals surface area contributed by atoms with Gasteiger partial charge in [0, 0.05) is 11.8 Å². The van der Waals surface area contributed by atoms with Crippen molar-refractivity contribution in [3.63, 3.8) is 0 Å². The molecule has 0 aromatic heterocycles. The molecule has 0 aromatic carbocycles. The van der Waals surface area contributed by atoms with E-state index >= 15 is 0 Å². The lowest BCUT2D eigenvalue weighted by molar-refractivity contribution is 0.220. The van der Waals surface area contributed by atoms with Gasteiger partial charge in [0.2, 0.25) is 0 Å². The van der Waals surface area contributed by atoms with E-state index in [4.69, 9.17) is 16.7 Å². The van der Waals surface area contributed by atoms with Gasteiger partial charge in [-0.25, -0.2) is 0 Å². The van der Waals surface area contributed by atoms with Gasteiger partial charge in [0.1, 0.15) is 0 Å². The fourth-order valence-corrected chi connectivity index (χ4v) is 0.878. The van der Waals surface area contributed by atoms with Crippen molar-refractivity contribution in [2.75, 3.05) is 5.88 Å². The smallest absolute Gasteiger partial charge is 0.0743 e. The Hall–Kier alpha value is 0.250. The number of hydrogen-bond donors (Lipinski definition) is 1. The normalized spacial score (nSPS) is 24.7. The van der Waals surface area contributed by atoms with Crippen LogP contribution in [0.4, 0.5) is 0 Å². The summed E-state index contributed by atoms with van der Waals surface area (Å²) in [6.45, 7) is 0. The van der Waals surface area contributed by atoms with Crippen molar-refractivity contribution in [1.82, 2.24) is 0 Å². The van der Waals surface area contributed by atoms with Gasteiger partial charge in [-0.3, -0.25) is 0 Å². The molecule has 1 nitrogen and oxygen atoms in total.